The topological polar surface area (TPSA) is 67.2 Å². The van der Waals surface area contributed by atoms with E-state index in [9.17, 15) is 4.79 Å². The minimum atomic E-state index is -0.0508. The van der Waals surface area contributed by atoms with Crippen molar-refractivity contribution in [2.24, 2.45) is 0 Å². The Bertz CT molecular complexity index is 421. The second-order valence-electron chi connectivity index (χ2n) is 5.45. The van der Waals surface area contributed by atoms with Gasteiger partial charge in [0.05, 0.1) is 18.3 Å². The molecule has 1 aromatic rings. The normalized spacial score (nSPS) is 19.2. The Balaban J connectivity index is 1.83. The van der Waals surface area contributed by atoms with E-state index in [-0.39, 0.29) is 11.9 Å². The number of carbonyl (C=O) groups excluding carboxylic acids is 1. The molecule has 2 rings (SSSR count). The third-order valence-electron chi connectivity index (χ3n) is 4.04. The molecule has 1 aliphatic heterocycles. The molecule has 0 aliphatic carbocycles. The Hall–Kier alpha value is -1.36. The Labute approximate surface area is 120 Å². The first-order valence-electron chi connectivity index (χ1n) is 7.71. The van der Waals surface area contributed by atoms with E-state index < -0.39 is 0 Å². The summed E-state index contributed by atoms with van der Waals surface area (Å²) < 4.78 is 5.30. The van der Waals surface area contributed by atoms with E-state index >= 15 is 0 Å². The van der Waals surface area contributed by atoms with Gasteiger partial charge in [-0.2, -0.15) is 0 Å². The molecule has 0 bridgehead atoms. The van der Waals surface area contributed by atoms with Crippen molar-refractivity contribution in [1.29, 1.82) is 0 Å². The third-order valence-corrected chi connectivity index (χ3v) is 4.04. The molecule has 1 atom stereocenters. The number of nitrogens with zero attached hydrogens (tertiary/aromatic N) is 1. The monoisotopic (exact) mass is 279 g/mol. The molecule has 2 heterocycles. The van der Waals surface area contributed by atoms with Gasteiger partial charge in [-0.25, -0.2) is 0 Å². The quantitative estimate of drug-likeness (QED) is 0.838. The summed E-state index contributed by atoms with van der Waals surface area (Å²) in [6.45, 7) is 5.65. The highest BCUT2D eigenvalue weighted by Gasteiger charge is 2.20. The highest BCUT2D eigenvalue weighted by Crippen LogP contribution is 2.22. The number of rotatable bonds is 6. The highest BCUT2D eigenvalue weighted by molar-refractivity contribution is 5.81. The first-order valence-corrected chi connectivity index (χ1v) is 7.71. The summed E-state index contributed by atoms with van der Waals surface area (Å²) in [5.41, 5.74) is 0.995. The zero-order valence-electron chi connectivity index (χ0n) is 12.4. The lowest BCUT2D eigenvalue weighted by Crippen LogP contribution is -2.46. The fraction of sp³-hybridized carbons (Fsp3) is 0.733. The number of aromatic nitrogens is 1. The van der Waals surface area contributed by atoms with E-state index in [1.807, 2.05) is 6.07 Å². The van der Waals surface area contributed by atoms with Crippen LogP contribution in [0.2, 0.25) is 0 Å². The molecular formula is C15H25N3O2. The molecule has 0 radical (unpaired) electrons. The standard InChI is InChI=1S/C15H25N3O2/c1-3-11(4-2)14-9-12(20-18-14)10-17-15(19)13-7-5-6-8-16-13/h9,11,13,16H,3-8,10H2,1-2H3,(H,17,19). The molecule has 0 saturated carbocycles. The van der Waals surface area contributed by atoms with Crippen molar-refractivity contribution in [1.82, 2.24) is 15.8 Å². The van der Waals surface area contributed by atoms with Gasteiger partial charge < -0.3 is 15.2 Å². The maximum atomic E-state index is 12.0. The summed E-state index contributed by atoms with van der Waals surface area (Å²) in [6, 6.07) is 1.91. The summed E-state index contributed by atoms with van der Waals surface area (Å²) in [5.74, 6) is 1.24. The Morgan fingerprint density at radius 3 is 2.95 bits per heavy atom. The van der Waals surface area contributed by atoms with Crippen LogP contribution in [-0.4, -0.2) is 23.7 Å². The van der Waals surface area contributed by atoms with Crippen LogP contribution in [0, 0.1) is 0 Å². The van der Waals surface area contributed by atoms with Gasteiger partial charge in [0.2, 0.25) is 5.91 Å². The van der Waals surface area contributed by atoms with Crippen LogP contribution in [0.3, 0.4) is 0 Å². The Morgan fingerprint density at radius 2 is 2.30 bits per heavy atom. The fourth-order valence-electron chi connectivity index (χ4n) is 2.68. The van der Waals surface area contributed by atoms with Crippen molar-refractivity contribution in [3.05, 3.63) is 17.5 Å². The smallest absolute Gasteiger partial charge is 0.237 e. The number of nitrogens with one attached hydrogen (secondary N) is 2. The molecule has 2 N–H and O–H groups in total. The first-order chi connectivity index (χ1) is 9.74. The Morgan fingerprint density at radius 1 is 1.50 bits per heavy atom. The van der Waals surface area contributed by atoms with Crippen molar-refractivity contribution in [3.8, 4) is 0 Å². The number of piperidine rings is 1. The molecule has 5 nitrogen and oxygen atoms in total. The second-order valence-corrected chi connectivity index (χ2v) is 5.45. The van der Waals surface area contributed by atoms with Crippen LogP contribution in [0.15, 0.2) is 10.6 Å². The maximum absolute atomic E-state index is 12.0. The van der Waals surface area contributed by atoms with Crippen LogP contribution < -0.4 is 10.6 Å². The molecule has 0 spiro atoms. The molecule has 1 fully saturated rings. The van der Waals surface area contributed by atoms with Crippen LogP contribution in [0.4, 0.5) is 0 Å². The van der Waals surface area contributed by atoms with Gasteiger partial charge in [0.1, 0.15) is 0 Å². The summed E-state index contributed by atoms with van der Waals surface area (Å²) in [6.07, 6.45) is 5.31. The van der Waals surface area contributed by atoms with Crippen LogP contribution in [0.5, 0.6) is 0 Å². The predicted molar refractivity (Wildman–Crippen MR) is 77.3 cm³/mol. The van der Waals surface area contributed by atoms with Gasteiger partial charge in [-0.1, -0.05) is 25.4 Å². The molecule has 112 valence electrons. The third kappa shape index (κ3) is 3.82. The van der Waals surface area contributed by atoms with E-state index in [0.29, 0.717) is 12.5 Å². The minimum Gasteiger partial charge on any atom is -0.359 e. The van der Waals surface area contributed by atoms with Crippen LogP contribution in [-0.2, 0) is 11.3 Å². The van der Waals surface area contributed by atoms with E-state index in [4.69, 9.17) is 4.52 Å². The summed E-state index contributed by atoms with van der Waals surface area (Å²) in [5, 5.41) is 10.3. The van der Waals surface area contributed by atoms with Crippen molar-refractivity contribution >= 4 is 5.91 Å². The average molecular weight is 279 g/mol. The molecule has 0 aromatic carbocycles. The van der Waals surface area contributed by atoms with Gasteiger partial charge in [-0.3, -0.25) is 4.79 Å². The van der Waals surface area contributed by atoms with E-state index in [1.54, 1.807) is 0 Å². The van der Waals surface area contributed by atoms with Crippen LogP contribution in [0.25, 0.3) is 0 Å². The zero-order chi connectivity index (χ0) is 14.4. The predicted octanol–water partition coefficient (Wildman–Crippen LogP) is 2.34. The number of hydrogen-bond acceptors (Lipinski definition) is 4. The zero-order valence-corrected chi connectivity index (χ0v) is 12.4. The van der Waals surface area contributed by atoms with Crippen LogP contribution in [0.1, 0.15) is 63.3 Å². The Kier molecular flexibility index (Phi) is 5.59. The second kappa shape index (κ2) is 7.43. The molecule has 5 heteroatoms. The lowest BCUT2D eigenvalue weighted by atomic mass is 9.99. The molecule has 1 aliphatic rings. The number of carbonyl (C=O) groups is 1. The van der Waals surface area contributed by atoms with Gasteiger partial charge in [0, 0.05) is 12.0 Å². The van der Waals surface area contributed by atoms with Gasteiger partial charge in [-0.15, -0.1) is 0 Å². The highest BCUT2D eigenvalue weighted by atomic mass is 16.5. The lowest BCUT2D eigenvalue weighted by molar-refractivity contribution is -0.123. The number of amides is 1. The largest absolute Gasteiger partial charge is 0.359 e. The number of hydrogen-bond donors (Lipinski definition) is 2. The van der Waals surface area contributed by atoms with E-state index in [2.05, 4.69) is 29.6 Å². The van der Waals surface area contributed by atoms with Crippen molar-refractivity contribution in [2.75, 3.05) is 6.54 Å². The van der Waals surface area contributed by atoms with E-state index in [0.717, 1.165) is 50.1 Å². The minimum absolute atomic E-state index is 0.0508. The summed E-state index contributed by atoms with van der Waals surface area (Å²) in [7, 11) is 0. The van der Waals surface area contributed by atoms with Gasteiger partial charge in [-0.05, 0) is 32.2 Å². The van der Waals surface area contributed by atoms with E-state index in [1.165, 1.54) is 0 Å². The summed E-state index contributed by atoms with van der Waals surface area (Å²) in [4.78, 5) is 12.0. The van der Waals surface area contributed by atoms with Crippen molar-refractivity contribution in [3.63, 3.8) is 0 Å². The average Bonchev–Trinajstić information content (AvgIpc) is 2.96. The van der Waals surface area contributed by atoms with Gasteiger partial charge in [0.25, 0.3) is 0 Å². The fourth-order valence-corrected chi connectivity index (χ4v) is 2.68. The summed E-state index contributed by atoms with van der Waals surface area (Å²) >= 11 is 0. The first kappa shape index (κ1) is 15.0. The van der Waals surface area contributed by atoms with Crippen molar-refractivity contribution in [2.45, 2.75) is 64.5 Å². The molecule has 1 amide bonds. The lowest BCUT2D eigenvalue weighted by Gasteiger charge is -2.22. The molecule has 1 saturated heterocycles. The van der Waals surface area contributed by atoms with Gasteiger partial charge >= 0.3 is 0 Å². The maximum Gasteiger partial charge on any atom is 0.237 e. The van der Waals surface area contributed by atoms with Crippen molar-refractivity contribution < 1.29 is 9.32 Å². The molecular weight excluding hydrogens is 254 g/mol. The SMILES string of the molecule is CCC(CC)c1cc(CNC(=O)C2CCCCN2)on1. The molecule has 1 aromatic heterocycles. The van der Waals surface area contributed by atoms with Crippen LogP contribution >= 0.6 is 0 Å². The molecule has 1 unspecified atom stereocenters. The van der Waals surface area contributed by atoms with Gasteiger partial charge in [0.15, 0.2) is 5.76 Å². The molecule has 20 heavy (non-hydrogen) atoms.